The molecule has 1 saturated carbocycles. The Hall–Kier alpha value is -2.55. The SMILES string of the molecule is COCc1nc(-c2ccc3c(c2)CC[C@H]3NC(=O)N(C)CC2CC(F)(F)C2)no1. The molecule has 0 bridgehead atoms. The molecule has 29 heavy (non-hydrogen) atoms. The average Bonchev–Trinajstić information content (AvgIpc) is 3.27. The molecule has 156 valence electrons. The normalized spacial score (nSPS) is 20.2. The summed E-state index contributed by atoms with van der Waals surface area (Å²) in [5, 5.41) is 7.00. The number of aromatic nitrogens is 2. The number of fused-ring (bicyclic) bond motifs is 1. The highest BCUT2D eigenvalue weighted by Gasteiger charge is 2.45. The van der Waals surface area contributed by atoms with Crippen LogP contribution >= 0.6 is 0 Å². The smallest absolute Gasteiger partial charge is 0.317 e. The summed E-state index contributed by atoms with van der Waals surface area (Å²) in [5.41, 5.74) is 3.04. The number of amides is 2. The number of aryl methyl sites for hydroxylation is 1. The second kappa shape index (κ2) is 7.70. The first-order valence-corrected chi connectivity index (χ1v) is 9.69. The third-order valence-electron chi connectivity index (χ3n) is 5.57. The summed E-state index contributed by atoms with van der Waals surface area (Å²) in [7, 11) is 3.21. The molecule has 1 fully saturated rings. The van der Waals surface area contributed by atoms with Gasteiger partial charge in [0.2, 0.25) is 11.7 Å². The van der Waals surface area contributed by atoms with E-state index >= 15 is 0 Å². The maximum Gasteiger partial charge on any atom is 0.317 e. The van der Waals surface area contributed by atoms with Crippen molar-refractivity contribution >= 4 is 6.03 Å². The van der Waals surface area contributed by atoms with Crippen LogP contribution in [-0.4, -0.2) is 47.7 Å². The van der Waals surface area contributed by atoms with E-state index in [1.165, 1.54) is 4.90 Å². The summed E-state index contributed by atoms with van der Waals surface area (Å²) < 4.78 is 36.1. The summed E-state index contributed by atoms with van der Waals surface area (Å²) in [4.78, 5) is 18.3. The van der Waals surface area contributed by atoms with Crippen molar-refractivity contribution in [1.29, 1.82) is 0 Å². The number of urea groups is 1. The van der Waals surface area contributed by atoms with Crippen LogP contribution in [0, 0.1) is 5.92 Å². The molecular weight excluding hydrogens is 382 g/mol. The summed E-state index contributed by atoms with van der Waals surface area (Å²) in [6.45, 7) is 0.611. The second-order valence-electron chi connectivity index (χ2n) is 7.91. The first-order valence-electron chi connectivity index (χ1n) is 9.69. The van der Waals surface area contributed by atoms with Crippen LogP contribution in [0.1, 0.15) is 42.3 Å². The zero-order chi connectivity index (χ0) is 20.6. The maximum atomic E-state index is 13.0. The largest absolute Gasteiger partial charge is 0.375 e. The lowest BCUT2D eigenvalue weighted by molar-refractivity contribution is -0.113. The van der Waals surface area contributed by atoms with Gasteiger partial charge >= 0.3 is 6.03 Å². The van der Waals surface area contributed by atoms with Crippen LogP contribution in [0.4, 0.5) is 13.6 Å². The zero-order valence-electron chi connectivity index (χ0n) is 16.5. The van der Waals surface area contributed by atoms with Gasteiger partial charge in [0.15, 0.2) is 0 Å². The number of hydrogen-bond acceptors (Lipinski definition) is 5. The number of rotatable bonds is 6. The highest BCUT2D eigenvalue weighted by molar-refractivity contribution is 5.75. The molecule has 1 aromatic heterocycles. The fourth-order valence-electron chi connectivity index (χ4n) is 4.10. The van der Waals surface area contributed by atoms with Gasteiger partial charge in [-0.1, -0.05) is 17.3 Å². The highest BCUT2D eigenvalue weighted by Crippen LogP contribution is 2.42. The number of carbonyl (C=O) groups excluding carboxylic acids is 1. The van der Waals surface area contributed by atoms with Gasteiger partial charge in [-0.25, -0.2) is 13.6 Å². The number of methoxy groups -OCH3 is 1. The second-order valence-corrected chi connectivity index (χ2v) is 7.91. The van der Waals surface area contributed by atoms with Gasteiger partial charge in [0, 0.05) is 39.1 Å². The van der Waals surface area contributed by atoms with Gasteiger partial charge in [-0.3, -0.25) is 0 Å². The van der Waals surface area contributed by atoms with Crippen molar-refractivity contribution in [3.63, 3.8) is 0 Å². The van der Waals surface area contributed by atoms with Gasteiger partial charge in [-0.05, 0) is 36.0 Å². The van der Waals surface area contributed by atoms with E-state index in [4.69, 9.17) is 9.26 Å². The average molecular weight is 406 g/mol. The van der Waals surface area contributed by atoms with Gasteiger partial charge in [-0.2, -0.15) is 4.98 Å². The molecule has 0 radical (unpaired) electrons. The number of ether oxygens (including phenoxy) is 1. The van der Waals surface area contributed by atoms with Crippen LogP contribution in [0.15, 0.2) is 22.7 Å². The molecule has 1 aromatic carbocycles. The van der Waals surface area contributed by atoms with Crippen molar-refractivity contribution in [2.45, 2.75) is 44.3 Å². The summed E-state index contributed by atoms with van der Waals surface area (Å²) in [6, 6.07) is 5.57. The molecule has 2 amide bonds. The minimum Gasteiger partial charge on any atom is -0.375 e. The lowest BCUT2D eigenvalue weighted by Crippen LogP contribution is -2.46. The van der Waals surface area contributed by atoms with Crippen LogP contribution in [0.3, 0.4) is 0 Å². The summed E-state index contributed by atoms with van der Waals surface area (Å²) >= 11 is 0. The van der Waals surface area contributed by atoms with Crippen molar-refractivity contribution in [3.05, 3.63) is 35.2 Å². The Kier molecular flexibility index (Phi) is 5.24. The van der Waals surface area contributed by atoms with E-state index in [2.05, 4.69) is 15.5 Å². The lowest BCUT2D eigenvalue weighted by atomic mass is 9.81. The third-order valence-corrected chi connectivity index (χ3v) is 5.57. The molecule has 0 saturated heterocycles. The zero-order valence-corrected chi connectivity index (χ0v) is 16.5. The molecule has 4 rings (SSSR count). The predicted octanol–water partition coefficient (Wildman–Crippen LogP) is 3.56. The van der Waals surface area contributed by atoms with E-state index in [0.29, 0.717) is 18.3 Å². The summed E-state index contributed by atoms with van der Waals surface area (Å²) in [6.07, 6.45) is 1.35. The number of alkyl halides is 2. The highest BCUT2D eigenvalue weighted by atomic mass is 19.3. The Morgan fingerprint density at radius 1 is 1.41 bits per heavy atom. The molecule has 1 N–H and O–H groups in total. The number of halogens is 2. The first kappa shape index (κ1) is 19.8. The van der Waals surface area contributed by atoms with Gasteiger partial charge in [-0.15, -0.1) is 0 Å². The molecule has 7 nitrogen and oxygen atoms in total. The van der Waals surface area contributed by atoms with E-state index in [1.54, 1.807) is 14.2 Å². The van der Waals surface area contributed by atoms with Gasteiger partial charge in [0.05, 0.1) is 6.04 Å². The van der Waals surface area contributed by atoms with Crippen LogP contribution in [-0.2, 0) is 17.8 Å². The van der Waals surface area contributed by atoms with Crippen molar-refractivity contribution in [2.24, 2.45) is 5.92 Å². The standard InChI is InChI=1S/C20H24F2N4O3/c1-26(10-12-8-20(21,22)9-12)19(27)23-16-6-4-13-7-14(3-5-15(13)16)18-24-17(11-28-2)29-25-18/h3,5,7,12,16H,4,6,8-11H2,1-2H3,(H,23,27)/t16-/m1/s1. The van der Waals surface area contributed by atoms with E-state index < -0.39 is 5.92 Å². The number of hydrogen-bond donors (Lipinski definition) is 1. The lowest BCUT2D eigenvalue weighted by Gasteiger charge is -2.37. The topological polar surface area (TPSA) is 80.5 Å². The van der Waals surface area contributed by atoms with Crippen molar-refractivity contribution in [1.82, 2.24) is 20.4 Å². The molecule has 2 aliphatic rings. The molecule has 1 heterocycles. The van der Waals surface area contributed by atoms with Crippen molar-refractivity contribution in [3.8, 4) is 11.4 Å². The Morgan fingerprint density at radius 3 is 2.93 bits per heavy atom. The summed E-state index contributed by atoms with van der Waals surface area (Å²) in [5.74, 6) is -1.77. The number of nitrogens with one attached hydrogen (secondary N) is 1. The van der Waals surface area contributed by atoms with Crippen LogP contribution in [0.2, 0.25) is 0 Å². The molecular formula is C20H24F2N4O3. The number of benzene rings is 1. The van der Waals surface area contributed by atoms with E-state index in [9.17, 15) is 13.6 Å². The van der Waals surface area contributed by atoms with Gasteiger partial charge < -0.3 is 19.5 Å². The molecule has 1 atom stereocenters. The number of nitrogens with zero attached hydrogens (tertiary/aromatic N) is 3. The Balaban J connectivity index is 1.37. The maximum absolute atomic E-state index is 13.0. The van der Waals surface area contributed by atoms with Crippen molar-refractivity contribution < 1.29 is 22.8 Å². The molecule has 0 aliphatic heterocycles. The Morgan fingerprint density at radius 2 is 2.21 bits per heavy atom. The van der Waals surface area contributed by atoms with Crippen LogP contribution in [0.5, 0.6) is 0 Å². The molecule has 9 heteroatoms. The van der Waals surface area contributed by atoms with Crippen LogP contribution < -0.4 is 5.32 Å². The molecule has 2 aliphatic carbocycles. The number of carbonyl (C=O) groups is 1. The first-order chi connectivity index (χ1) is 13.8. The Bertz CT molecular complexity index is 894. The Labute approximate surface area is 167 Å². The fourth-order valence-corrected chi connectivity index (χ4v) is 4.10. The molecule has 0 unspecified atom stereocenters. The third kappa shape index (κ3) is 4.24. The van der Waals surface area contributed by atoms with E-state index in [1.807, 2.05) is 18.2 Å². The minimum atomic E-state index is -2.56. The van der Waals surface area contributed by atoms with Crippen molar-refractivity contribution in [2.75, 3.05) is 20.7 Å². The van der Waals surface area contributed by atoms with Crippen LogP contribution in [0.25, 0.3) is 11.4 Å². The molecule has 0 spiro atoms. The minimum absolute atomic E-state index is 0.0915. The fraction of sp³-hybridized carbons (Fsp3) is 0.550. The van der Waals surface area contributed by atoms with Gasteiger partial charge in [0.1, 0.15) is 6.61 Å². The van der Waals surface area contributed by atoms with E-state index in [-0.39, 0.29) is 37.4 Å². The predicted molar refractivity (Wildman–Crippen MR) is 100 cm³/mol. The van der Waals surface area contributed by atoms with Gasteiger partial charge in [0.25, 0.3) is 5.89 Å². The van der Waals surface area contributed by atoms with E-state index in [0.717, 1.165) is 29.5 Å². The quantitative estimate of drug-likeness (QED) is 0.794. The monoisotopic (exact) mass is 406 g/mol. The molecule has 2 aromatic rings.